The molecule has 2 saturated heterocycles. The first-order chi connectivity index (χ1) is 11.1. The molecule has 3 aliphatic heterocycles. The third kappa shape index (κ3) is 2.63. The summed E-state index contributed by atoms with van der Waals surface area (Å²) in [4.78, 5) is 15.0. The number of amides is 1. The van der Waals surface area contributed by atoms with Crippen LogP contribution in [0.3, 0.4) is 0 Å². The van der Waals surface area contributed by atoms with E-state index in [2.05, 4.69) is 42.3 Å². The van der Waals surface area contributed by atoms with Gasteiger partial charge in [-0.05, 0) is 69.3 Å². The molecule has 0 saturated carbocycles. The maximum absolute atomic E-state index is 12.9. The van der Waals surface area contributed by atoms with Crippen LogP contribution in [0.4, 0.5) is 0 Å². The van der Waals surface area contributed by atoms with Crippen LogP contribution in [0.1, 0.15) is 50.3 Å². The zero-order valence-corrected chi connectivity index (χ0v) is 14.0. The smallest absolute Gasteiger partial charge is 0.227 e. The standard InChI is InChI=1S/C19H26N2O2/c1-12(2)23-14-5-6-15-13(10-14)7-9-21-18(15)11-17-16(19(21)22)4-3-8-20-17/h5-6,10,12,16-18,20H,3-4,7-9,11H2,1-2H3. The highest BCUT2D eigenvalue weighted by atomic mass is 16.5. The molecule has 0 spiro atoms. The molecule has 3 unspecified atom stereocenters. The Bertz CT molecular complexity index is 613. The van der Waals surface area contributed by atoms with Crippen LogP contribution in [-0.4, -0.2) is 36.0 Å². The molecule has 4 rings (SSSR count). The monoisotopic (exact) mass is 314 g/mol. The van der Waals surface area contributed by atoms with Gasteiger partial charge in [-0.1, -0.05) is 6.07 Å². The zero-order valence-electron chi connectivity index (χ0n) is 14.0. The number of piperidine rings is 2. The Morgan fingerprint density at radius 2 is 2.22 bits per heavy atom. The number of nitrogens with zero attached hydrogens (tertiary/aromatic N) is 1. The van der Waals surface area contributed by atoms with E-state index in [0.29, 0.717) is 11.9 Å². The Morgan fingerprint density at radius 1 is 1.35 bits per heavy atom. The summed E-state index contributed by atoms with van der Waals surface area (Å²) in [6.07, 6.45) is 4.36. The number of fused-ring (bicyclic) bond motifs is 4. The minimum atomic E-state index is 0.191. The minimum absolute atomic E-state index is 0.191. The van der Waals surface area contributed by atoms with Crippen molar-refractivity contribution in [2.75, 3.05) is 13.1 Å². The van der Waals surface area contributed by atoms with Crippen LogP contribution >= 0.6 is 0 Å². The van der Waals surface area contributed by atoms with Crippen LogP contribution in [0, 0.1) is 5.92 Å². The molecule has 3 heterocycles. The van der Waals surface area contributed by atoms with Crippen molar-refractivity contribution in [1.82, 2.24) is 10.2 Å². The molecule has 23 heavy (non-hydrogen) atoms. The second-order valence-electron chi connectivity index (χ2n) is 7.37. The molecule has 1 N–H and O–H groups in total. The lowest BCUT2D eigenvalue weighted by atomic mass is 9.77. The van der Waals surface area contributed by atoms with Crippen molar-refractivity contribution in [2.24, 2.45) is 5.92 Å². The Kier molecular flexibility index (Phi) is 3.80. The lowest BCUT2D eigenvalue weighted by Gasteiger charge is -2.48. The average molecular weight is 314 g/mol. The first-order valence-electron chi connectivity index (χ1n) is 8.97. The maximum Gasteiger partial charge on any atom is 0.227 e. The molecule has 0 aromatic heterocycles. The molecule has 3 aliphatic rings. The van der Waals surface area contributed by atoms with E-state index in [9.17, 15) is 4.79 Å². The Hall–Kier alpha value is -1.55. The topological polar surface area (TPSA) is 41.6 Å². The van der Waals surface area contributed by atoms with Crippen molar-refractivity contribution < 1.29 is 9.53 Å². The summed E-state index contributed by atoms with van der Waals surface area (Å²) in [5.41, 5.74) is 2.68. The molecule has 0 aliphatic carbocycles. The normalized spacial score (nSPS) is 29.8. The molecular formula is C19H26N2O2. The van der Waals surface area contributed by atoms with Crippen molar-refractivity contribution in [2.45, 2.75) is 57.7 Å². The molecule has 3 atom stereocenters. The van der Waals surface area contributed by atoms with E-state index in [0.717, 1.165) is 44.5 Å². The quantitative estimate of drug-likeness (QED) is 0.912. The summed E-state index contributed by atoms with van der Waals surface area (Å²) in [6.45, 7) is 6.01. The molecule has 1 aromatic rings. The maximum atomic E-state index is 12.9. The Balaban J connectivity index is 1.63. The van der Waals surface area contributed by atoms with Crippen molar-refractivity contribution in [1.29, 1.82) is 0 Å². The highest BCUT2D eigenvalue weighted by molar-refractivity contribution is 5.81. The Labute approximate surface area is 138 Å². The average Bonchev–Trinajstić information content (AvgIpc) is 2.54. The van der Waals surface area contributed by atoms with E-state index in [4.69, 9.17) is 4.74 Å². The summed E-state index contributed by atoms with van der Waals surface area (Å²) >= 11 is 0. The molecule has 2 fully saturated rings. The summed E-state index contributed by atoms with van der Waals surface area (Å²) < 4.78 is 5.83. The molecule has 4 nitrogen and oxygen atoms in total. The molecule has 0 bridgehead atoms. The third-order valence-electron chi connectivity index (χ3n) is 5.51. The number of hydrogen-bond donors (Lipinski definition) is 1. The fraction of sp³-hybridized carbons (Fsp3) is 0.632. The van der Waals surface area contributed by atoms with E-state index in [1.165, 1.54) is 11.1 Å². The van der Waals surface area contributed by atoms with Crippen LogP contribution in [0.5, 0.6) is 5.75 Å². The van der Waals surface area contributed by atoms with E-state index in [1.54, 1.807) is 0 Å². The van der Waals surface area contributed by atoms with Crippen molar-refractivity contribution in [3.63, 3.8) is 0 Å². The van der Waals surface area contributed by atoms with Crippen molar-refractivity contribution in [3.05, 3.63) is 29.3 Å². The number of hydrogen-bond acceptors (Lipinski definition) is 3. The van der Waals surface area contributed by atoms with Gasteiger partial charge in [0.25, 0.3) is 0 Å². The summed E-state index contributed by atoms with van der Waals surface area (Å²) in [6, 6.07) is 7.02. The second-order valence-corrected chi connectivity index (χ2v) is 7.37. The van der Waals surface area contributed by atoms with Gasteiger partial charge in [0.05, 0.1) is 18.1 Å². The molecule has 4 heteroatoms. The van der Waals surface area contributed by atoms with Gasteiger partial charge in [0.1, 0.15) is 5.75 Å². The van der Waals surface area contributed by atoms with Gasteiger partial charge in [-0.2, -0.15) is 0 Å². The number of carbonyl (C=O) groups excluding carboxylic acids is 1. The van der Waals surface area contributed by atoms with Gasteiger partial charge < -0.3 is 15.0 Å². The number of rotatable bonds is 2. The van der Waals surface area contributed by atoms with E-state index in [-0.39, 0.29) is 18.1 Å². The number of carbonyl (C=O) groups is 1. The molecule has 1 amide bonds. The fourth-order valence-corrected chi connectivity index (χ4v) is 4.50. The number of ether oxygens (including phenoxy) is 1. The highest BCUT2D eigenvalue weighted by Crippen LogP contribution is 2.42. The molecule has 1 aromatic carbocycles. The predicted molar refractivity (Wildman–Crippen MR) is 89.5 cm³/mol. The van der Waals surface area contributed by atoms with Crippen LogP contribution in [0.25, 0.3) is 0 Å². The molecule has 124 valence electrons. The SMILES string of the molecule is CC(C)Oc1ccc2c(c1)CCN1C(=O)C3CCCNC3CC21. The first kappa shape index (κ1) is 15.0. The molecular weight excluding hydrogens is 288 g/mol. The summed E-state index contributed by atoms with van der Waals surface area (Å²) in [5, 5.41) is 3.58. The van der Waals surface area contributed by atoms with Crippen LogP contribution in [0.15, 0.2) is 18.2 Å². The highest BCUT2D eigenvalue weighted by Gasteiger charge is 2.44. The van der Waals surface area contributed by atoms with Crippen molar-refractivity contribution in [3.8, 4) is 5.75 Å². The van der Waals surface area contributed by atoms with E-state index < -0.39 is 0 Å². The van der Waals surface area contributed by atoms with E-state index >= 15 is 0 Å². The van der Waals surface area contributed by atoms with Gasteiger partial charge in [0.15, 0.2) is 0 Å². The van der Waals surface area contributed by atoms with Gasteiger partial charge in [-0.3, -0.25) is 4.79 Å². The van der Waals surface area contributed by atoms with Crippen LogP contribution in [0.2, 0.25) is 0 Å². The van der Waals surface area contributed by atoms with Gasteiger partial charge in [-0.15, -0.1) is 0 Å². The van der Waals surface area contributed by atoms with Crippen LogP contribution < -0.4 is 10.1 Å². The zero-order chi connectivity index (χ0) is 16.0. The largest absolute Gasteiger partial charge is 0.491 e. The lowest BCUT2D eigenvalue weighted by Crippen LogP contribution is -2.57. The van der Waals surface area contributed by atoms with Crippen LogP contribution in [-0.2, 0) is 11.2 Å². The van der Waals surface area contributed by atoms with Crippen molar-refractivity contribution >= 4 is 5.91 Å². The second kappa shape index (κ2) is 5.82. The Morgan fingerprint density at radius 3 is 3.04 bits per heavy atom. The fourth-order valence-electron chi connectivity index (χ4n) is 4.50. The van der Waals surface area contributed by atoms with Gasteiger partial charge >= 0.3 is 0 Å². The van der Waals surface area contributed by atoms with E-state index in [1.807, 2.05) is 0 Å². The third-order valence-corrected chi connectivity index (χ3v) is 5.51. The minimum Gasteiger partial charge on any atom is -0.491 e. The summed E-state index contributed by atoms with van der Waals surface area (Å²) in [7, 11) is 0. The number of nitrogens with one attached hydrogen (secondary N) is 1. The predicted octanol–water partition coefficient (Wildman–Crippen LogP) is 2.67. The lowest BCUT2D eigenvalue weighted by molar-refractivity contribution is -0.145. The van der Waals surface area contributed by atoms with Gasteiger partial charge in [0.2, 0.25) is 5.91 Å². The number of benzene rings is 1. The van der Waals surface area contributed by atoms with Gasteiger partial charge in [-0.25, -0.2) is 0 Å². The first-order valence-corrected chi connectivity index (χ1v) is 8.97. The van der Waals surface area contributed by atoms with Gasteiger partial charge in [0, 0.05) is 12.6 Å². The molecule has 0 radical (unpaired) electrons. The summed E-state index contributed by atoms with van der Waals surface area (Å²) in [5.74, 6) is 1.51.